The molecule has 0 aliphatic carbocycles. The monoisotopic (exact) mass is 339 g/mol. The summed E-state index contributed by atoms with van der Waals surface area (Å²) in [6.07, 6.45) is 3.49. The summed E-state index contributed by atoms with van der Waals surface area (Å²) in [6.45, 7) is 9.02. The fraction of sp³-hybridized carbons (Fsp3) is 0.421. The number of amides is 2. The molecule has 132 valence electrons. The van der Waals surface area contributed by atoms with Gasteiger partial charge in [-0.1, -0.05) is 23.8 Å². The summed E-state index contributed by atoms with van der Waals surface area (Å²) in [6, 6.07) is 8.13. The van der Waals surface area contributed by atoms with Gasteiger partial charge in [-0.3, -0.25) is 0 Å². The fourth-order valence-corrected chi connectivity index (χ4v) is 3.14. The molecule has 2 amide bonds. The van der Waals surface area contributed by atoms with Crippen LogP contribution in [0.5, 0.6) is 0 Å². The van der Waals surface area contributed by atoms with Crippen LogP contribution in [0.4, 0.5) is 10.7 Å². The standard InChI is InChI=1S/C19H25N5O/c1-14-5-6-15(2)17(13-14)16(3)22-19(25)24-11-9-23(10-12-24)18-20-7-4-8-21-18/h4-8,13,16H,9-12H2,1-3H3,(H,22,25)/t16-/m1/s1. The molecular weight excluding hydrogens is 314 g/mol. The van der Waals surface area contributed by atoms with E-state index >= 15 is 0 Å². The number of carbonyl (C=O) groups excluding carboxylic acids is 1. The van der Waals surface area contributed by atoms with E-state index in [4.69, 9.17) is 0 Å². The number of nitrogens with zero attached hydrogens (tertiary/aromatic N) is 4. The number of hydrogen-bond acceptors (Lipinski definition) is 4. The van der Waals surface area contributed by atoms with Gasteiger partial charge in [-0.25, -0.2) is 14.8 Å². The Hall–Kier alpha value is -2.63. The Morgan fingerprint density at radius 2 is 1.80 bits per heavy atom. The lowest BCUT2D eigenvalue weighted by molar-refractivity contribution is 0.191. The molecule has 1 aliphatic rings. The number of aryl methyl sites for hydroxylation is 2. The van der Waals surface area contributed by atoms with Gasteiger partial charge in [0.05, 0.1) is 6.04 Å². The van der Waals surface area contributed by atoms with Gasteiger partial charge in [-0.2, -0.15) is 0 Å². The Morgan fingerprint density at radius 1 is 1.12 bits per heavy atom. The average Bonchev–Trinajstić information content (AvgIpc) is 2.64. The molecule has 1 aliphatic heterocycles. The maximum absolute atomic E-state index is 12.6. The molecule has 1 atom stereocenters. The molecule has 0 saturated carbocycles. The molecule has 2 heterocycles. The van der Waals surface area contributed by atoms with Crippen LogP contribution in [-0.4, -0.2) is 47.1 Å². The average molecular weight is 339 g/mol. The highest BCUT2D eigenvalue weighted by Crippen LogP contribution is 2.19. The van der Waals surface area contributed by atoms with Crippen molar-refractivity contribution in [1.82, 2.24) is 20.2 Å². The minimum atomic E-state index is -0.0120. The number of nitrogens with one attached hydrogen (secondary N) is 1. The molecule has 6 nitrogen and oxygen atoms in total. The summed E-state index contributed by atoms with van der Waals surface area (Å²) >= 11 is 0. The Kier molecular flexibility index (Phi) is 5.16. The first-order valence-electron chi connectivity index (χ1n) is 8.69. The van der Waals surface area contributed by atoms with Crippen LogP contribution in [0, 0.1) is 13.8 Å². The maximum atomic E-state index is 12.6. The zero-order valence-electron chi connectivity index (χ0n) is 15.1. The third-order valence-electron chi connectivity index (χ3n) is 4.64. The van der Waals surface area contributed by atoms with Gasteiger partial charge < -0.3 is 15.1 Å². The molecule has 0 spiro atoms. The topological polar surface area (TPSA) is 61.4 Å². The van der Waals surface area contributed by atoms with Crippen LogP contribution in [0.2, 0.25) is 0 Å². The van der Waals surface area contributed by atoms with Crippen molar-refractivity contribution in [3.05, 3.63) is 53.3 Å². The van der Waals surface area contributed by atoms with Crippen molar-refractivity contribution in [1.29, 1.82) is 0 Å². The smallest absolute Gasteiger partial charge is 0.317 e. The lowest BCUT2D eigenvalue weighted by Gasteiger charge is -2.35. The number of rotatable bonds is 3. The zero-order valence-corrected chi connectivity index (χ0v) is 15.1. The largest absolute Gasteiger partial charge is 0.337 e. The normalized spacial score (nSPS) is 15.8. The number of piperazine rings is 1. The number of hydrogen-bond donors (Lipinski definition) is 1. The molecule has 6 heteroatoms. The van der Waals surface area contributed by atoms with E-state index in [1.807, 2.05) is 17.9 Å². The SMILES string of the molecule is Cc1ccc(C)c([C@@H](C)NC(=O)N2CCN(c3ncccn3)CC2)c1. The van der Waals surface area contributed by atoms with E-state index in [0.717, 1.165) is 19.0 Å². The van der Waals surface area contributed by atoms with Gasteiger partial charge in [0.2, 0.25) is 5.95 Å². The van der Waals surface area contributed by atoms with Gasteiger partial charge in [0, 0.05) is 38.6 Å². The van der Waals surface area contributed by atoms with Gasteiger partial charge in [-0.05, 0) is 38.0 Å². The van der Waals surface area contributed by atoms with Crippen LogP contribution in [0.3, 0.4) is 0 Å². The Morgan fingerprint density at radius 3 is 2.48 bits per heavy atom. The summed E-state index contributed by atoms with van der Waals surface area (Å²) < 4.78 is 0. The number of carbonyl (C=O) groups is 1. The Labute approximate surface area is 148 Å². The van der Waals surface area contributed by atoms with Crippen LogP contribution >= 0.6 is 0 Å². The molecule has 1 N–H and O–H groups in total. The van der Waals surface area contributed by atoms with Crippen molar-refractivity contribution < 1.29 is 4.79 Å². The minimum Gasteiger partial charge on any atom is -0.337 e. The van der Waals surface area contributed by atoms with Crippen LogP contribution in [-0.2, 0) is 0 Å². The van der Waals surface area contributed by atoms with Crippen LogP contribution in [0.1, 0.15) is 29.7 Å². The van der Waals surface area contributed by atoms with Gasteiger partial charge >= 0.3 is 6.03 Å². The number of benzene rings is 1. The summed E-state index contributed by atoms with van der Waals surface area (Å²) in [5.41, 5.74) is 3.58. The van der Waals surface area contributed by atoms with E-state index in [1.54, 1.807) is 12.4 Å². The molecule has 25 heavy (non-hydrogen) atoms. The second-order valence-electron chi connectivity index (χ2n) is 6.55. The van der Waals surface area contributed by atoms with E-state index < -0.39 is 0 Å². The number of aromatic nitrogens is 2. The first-order valence-corrected chi connectivity index (χ1v) is 8.69. The highest BCUT2D eigenvalue weighted by molar-refractivity contribution is 5.75. The second-order valence-corrected chi connectivity index (χ2v) is 6.55. The van der Waals surface area contributed by atoms with E-state index in [-0.39, 0.29) is 12.1 Å². The van der Waals surface area contributed by atoms with Crippen LogP contribution < -0.4 is 10.2 Å². The van der Waals surface area contributed by atoms with Crippen molar-refractivity contribution in [2.24, 2.45) is 0 Å². The molecule has 2 aromatic rings. The summed E-state index contributed by atoms with van der Waals surface area (Å²) in [4.78, 5) is 25.1. The minimum absolute atomic E-state index is 0.0112. The zero-order chi connectivity index (χ0) is 17.8. The lowest BCUT2D eigenvalue weighted by atomic mass is 10.0. The van der Waals surface area contributed by atoms with Gasteiger partial charge in [0.25, 0.3) is 0 Å². The summed E-state index contributed by atoms with van der Waals surface area (Å²) in [5.74, 6) is 0.728. The maximum Gasteiger partial charge on any atom is 0.317 e. The second kappa shape index (κ2) is 7.51. The molecular formula is C19H25N5O. The lowest BCUT2D eigenvalue weighted by Crippen LogP contribution is -2.52. The third-order valence-corrected chi connectivity index (χ3v) is 4.64. The molecule has 1 aromatic carbocycles. The molecule has 3 rings (SSSR count). The number of urea groups is 1. The van der Waals surface area contributed by atoms with Crippen molar-refractivity contribution >= 4 is 12.0 Å². The van der Waals surface area contributed by atoms with Crippen molar-refractivity contribution in [2.45, 2.75) is 26.8 Å². The highest BCUT2D eigenvalue weighted by Gasteiger charge is 2.23. The highest BCUT2D eigenvalue weighted by atomic mass is 16.2. The molecule has 1 fully saturated rings. The molecule has 1 saturated heterocycles. The predicted octanol–water partition coefficient (Wildman–Crippen LogP) is 2.69. The van der Waals surface area contributed by atoms with E-state index in [0.29, 0.717) is 13.1 Å². The van der Waals surface area contributed by atoms with Crippen LogP contribution in [0.15, 0.2) is 36.7 Å². The first-order chi connectivity index (χ1) is 12.0. The summed E-state index contributed by atoms with van der Waals surface area (Å²) in [5, 5.41) is 3.13. The van der Waals surface area contributed by atoms with Gasteiger partial charge in [0.15, 0.2) is 0 Å². The summed E-state index contributed by atoms with van der Waals surface area (Å²) in [7, 11) is 0. The Bertz CT molecular complexity index is 726. The predicted molar refractivity (Wildman–Crippen MR) is 98.7 cm³/mol. The van der Waals surface area contributed by atoms with Crippen LogP contribution in [0.25, 0.3) is 0 Å². The van der Waals surface area contributed by atoms with Crippen molar-refractivity contribution in [3.63, 3.8) is 0 Å². The first kappa shape index (κ1) is 17.2. The molecule has 0 bridgehead atoms. The third kappa shape index (κ3) is 4.07. The fourth-order valence-electron chi connectivity index (χ4n) is 3.14. The van der Waals surface area contributed by atoms with Gasteiger partial charge in [0.1, 0.15) is 0 Å². The molecule has 0 radical (unpaired) electrons. The Balaban J connectivity index is 1.57. The quantitative estimate of drug-likeness (QED) is 0.934. The molecule has 0 unspecified atom stereocenters. The number of anilines is 1. The van der Waals surface area contributed by atoms with Crippen molar-refractivity contribution in [3.8, 4) is 0 Å². The van der Waals surface area contributed by atoms with Gasteiger partial charge in [-0.15, -0.1) is 0 Å². The molecule has 1 aromatic heterocycles. The van der Waals surface area contributed by atoms with E-state index in [1.165, 1.54) is 16.7 Å². The van der Waals surface area contributed by atoms with E-state index in [2.05, 4.69) is 52.2 Å². The van der Waals surface area contributed by atoms with Crippen molar-refractivity contribution in [2.75, 3.05) is 31.1 Å². The van der Waals surface area contributed by atoms with E-state index in [9.17, 15) is 4.79 Å².